The third kappa shape index (κ3) is 2.61. The molecule has 0 rings (SSSR count). The first-order valence-electron chi connectivity index (χ1n) is 1.98. The fourth-order valence-corrected chi connectivity index (χ4v) is 0.506. The summed E-state index contributed by atoms with van der Waals surface area (Å²) in [6, 6.07) is -1.46. The number of aliphatic carboxylic acids is 1. The number of carbonyl (C=O) groups is 2. The second-order valence-electron chi connectivity index (χ2n) is 1.27. The molecule has 6 heteroatoms. The lowest BCUT2D eigenvalue weighted by molar-refractivity contribution is -0.142. The van der Waals surface area contributed by atoms with E-state index in [1.165, 1.54) is 22.9 Å². The summed E-state index contributed by atoms with van der Waals surface area (Å²) in [7, 11) is 0. The van der Waals surface area contributed by atoms with Gasteiger partial charge in [-0.05, 0) is 0 Å². The van der Waals surface area contributed by atoms with Crippen LogP contribution in [-0.2, 0) is 9.59 Å². The Morgan fingerprint density at radius 1 is 1.67 bits per heavy atom. The summed E-state index contributed by atoms with van der Waals surface area (Å²) in [4.78, 5) is 20.2. The standard InChI is InChI=1S/C3H5IN2O3/c4-6-2(7)1(5)3(8)9/h1H,5H2,(H,6,7)(H,8,9). The van der Waals surface area contributed by atoms with Crippen molar-refractivity contribution in [3.8, 4) is 0 Å². The van der Waals surface area contributed by atoms with Crippen molar-refractivity contribution in [2.75, 3.05) is 0 Å². The quantitative estimate of drug-likeness (QED) is 0.325. The lowest BCUT2D eigenvalue weighted by Gasteiger charge is -2.00. The molecule has 0 aliphatic carbocycles. The van der Waals surface area contributed by atoms with Crippen LogP contribution in [0.25, 0.3) is 0 Å². The maximum absolute atomic E-state index is 10.3. The number of amides is 1. The lowest BCUT2D eigenvalue weighted by atomic mass is 10.3. The summed E-state index contributed by atoms with van der Waals surface area (Å²) in [5, 5.41) is 8.09. The van der Waals surface area contributed by atoms with Gasteiger partial charge in [0.05, 0.1) is 22.9 Å². The number of hydrogen-bond donors (Lipinski definition) is 3. The topological polar surface area (TPSA) is 92.4 Å². The van der Waals surface area contributed by atoms with E-state index in [4.69, 9.17) is 10.8 Å². The number of nitrogens with two attached hydrogens (primary N) is 1. The first-order valence-corrected chi connectivity index (χ1v) is 3.06. The van der Waals surface area contributed by atoms with Crippen molar-refractivity contribution in [1.29, 1.82) is 0 Å². The zero-order chi connectivity index (χ0) is 7.44. The van der Waals surface area contributed by atoms with E-state index in [0.717, 1.165) is 0 Å². The van der Waals surface area contributed by atoms with Crippen molar-refractivity contribution in [3.63, 3.8) is 0 Å². The molecule has 0 radical (unpaired) electrons. The van der Waals surface area contributed by atoms with Gasteiger partial charge in [0.25, 0.3) is 5.91 Å². The Bertz CT molecular complexity index is 137. The van der Waals surface area contributed by atoms with Gasteiger partial charge in [0, 0.05) is 0 Å². The molecule has 0 aromatic rings. The maximum Gasteiger partial charge on any atom is 0.330 e. The van der Waals surface area contributed by atoms with Gasteiger partial charge in [-0.2, -0.15) is 0 Å². The van der Waals surface area contributed by atoms with Gasteiger partial charge in [0.1, 0.15) is 0 Å². The predicted molar refractivity (Wildman–Crippen MR) is 37.8 cm³/mol. The summed E-state index contributed by atoms with van der Waals surface area (Å²) < 4.78 is 2.07. The van der Waals surface area contributed by atoms with Crippen molar-refractivity contribution in [1.82, 2.24) is 3.53 Å². The minimum Gasteiger partial charge on any atom is -0.480 e. The molecule has 1 amide bonds. The van der Waals surface area contributed by atoms with Crippen LogP contribution in [0.2, 0.25) is 0 Å². The van der Waals surface area contributed by atoms with Gasteiger partial charge in [-0.15, -0.1) is 0 Å². The van der Waals surface area contributed by atoms with E-state index in [1.54, 1.807) is 0 Å². The molecule has 0 aromatic heterocycles. The monoisotopic (exact) mass is 244 g/mol. The third-order valence-corrected chi connectivity index (χ3v) is 1.17. The SMILES string of the molecule is NC(C(=O)O)C(=O)NI. The predicted octanol–water partition coefficient (Wildman–Crippen LogP) is -1.14. The summed E-state index contributed by atoms with van der Waals surface area (Å²) in [6.07, 6.45) is 0. The number of carboxylic acid groups (broad SMARTS) is 1. The molecule has 0 saturated heterocycles. The molecule has 52 valence electrons. The smallest absolute Gasteiger partial charge is 0.330 e. The highest BCUT2D eigenvalue weighted by Crippen LogP contribution is 1.80. The number of halogens is 1. The number of carbonyl (C=O) groups excluding carboxylic acids is 1. The van der Waals surface area contributed by atoms with Crippen LogP contribution in [0, 0.1) is 0 Å². The van der Waals surface area contributed by atoms with E-state index >= 15 is 0 Å². The first-order chi connectivity index (χ1) is 4.09. The van der Waals surface area contributed by atoms with E-state index in [9.17, 15) is 9.59 Å². The third-order valence-electron chi connectivity index (χ3n) is 0.642. The minimum absolute atomic E-state index is 0.705. The van der Waals surface area contributed by atoms with Gasteiger partial charge >= 0.3 is 5.97 Å². The Labute approximate surface area is 65.1 Å². The van der Waals surface area contributed by atoms with Crippen LogP contribution in [0.15, 0.2) is 0 Å². The van der Waals surface area contributed by atoms with Crippen molar-refractivity contribution in [3.05, 3.63) is 0 Å². The van der Waals surface area contributed by atoms with Crippen LogP contribution in [0.3, 0.4) is 0 Å². The summed E-state index contributed by atoms with van der Waals surface area (Å²) in [5.41, 5.74) is 4.85. The van der Waals surface area contributed by atoms with Crippen molar-refractivity contribution >= 4 is 34.7 Å². The molecule has 1 unspecified atom stereocenters. The molecule has 0 aliphatic rings. The average molecular weight is 244 g/mol. The molecule has 0 bridgehead atoms. The Kier molecular flexibility index (Phi) is 3.47. The zero-order valence-electron chi connectivity index (χ0n) is 4.30. The molecular formula is C3H5IN2O3. The van der Waals surface area contributed by atoms with E-state index in [0.29, 0.717) is 0 Å². The van der Waals surface area contributed by atoms with E-state index in [-0.39, 0.29) is 0 Å². The molecule has 0 spiro atoms. The molecule has 4 N–H and O–H groups in total. The first kappa shape index (κ1) is 8.63. The molecule has 0 heterocycles. The Morgan fingerprint density at radius 2 is 2.11 bits per heavy atom. The molecule has 1 atom stereocenters. The van der Waals surface area contributed by atoms with E-state index in [2.05, 4.69) is 3.53 Å². The molecule has 0 aliphatic heterocycles. The van der Waals surface area contributed by atoms with Crippen LogP contribution >= 0.6 is 22.9 Å². The van der Waals surface area contributed by atoms with E-state index < -0.39 is 17.9 Å². The summed E-state index contributed by atoms with van der Waals surface area (Å²) >= 11 is 1.52. The van der Waals surface area contributed by atoms with Gasteiger partial charge < -0.3 is 10.8 Å². The zero-order valence-corrected chi connectivity index (χ0v) is 6.45. The van der Waals surface area contributed by atoms with Crippen LogP contribution < -0.4 is 9.26 Å². The average Bonchev–Trinajstić information content (AvgIpc) is 1.84. The maximum atomic E-state index is 10.3. The summed E-state index contributed by atoms with van der Waals surface area (Å²) in [6.45, 7) is 0. The Morgan fingerprint density at radius 3 is 2.22 bits per heavy atom. The molecule has 0 saturated carbocycles. The van der Waals surface area contributed by atoms with Gasteiger partial charge in [0.2, 0.25) is 0 Å². The minimum atomic E-state index is -1.46. The van der Waals surface area contributed by atoms with Crippen molar-refractivity contribution in [2.45, 2.75) is 6.04 Å². The van der Waals surface area contributed by atoms with Crippen molar-refractivity contribution in [2.24, 2.45) is 5.73 Å². The fourth-order valence-electron chi connectivity index (χ4n) is 0.171. The Balaban J connectivity index is 3.88. The fraction of sp³-hybridized carbons (Fsp3) is 0.333. The molecular weight excluding hydrogens is 239 g/mol. The number of nitrogens with one attached hydrogen (secondary N) is 1. The second-order valence-corrected chi connectivity index (χ2v) is 1.81. The highest BCUT2D eigenvalue weighted by atomic mass is 127. The summed E-state index contributed by atoms with van der Waals surface area (Å²) in [5.74, 6) is -2.03. The van der Waals surface area contributed by atoms with Gasteiger partial charge in [-0.1, -0.05) is 0 Å². The number of rotatable bonds is 2. The van der Waals surface area contributed by atoms with Crippen LogP contribution in [0.5, 0.6) is 0 Å². The van der Waals surface area contributed by atoms with Gasteiger partial charge in [-0.3, -0.25) is 8.32 Å². The van der Waals surface area contributed by atoms with Gasteiger partial charge in [0.15, 0.2) is 6.04 Å². The molecule has 0 aromatic carbocycles. The van der Waals surface area contributed by atoms with Crippen LogP contribution in [0.1, 0.15) is 0 Å². The normalized spacial score (nSPS) is 12.2. The molecule has 5 nitrogen and oxygen atoms in total. The van der Waals surface area contributed by atoms with Crippen LogP contribution in [-0.4, -0.2) is 23.0 Å². The Hall–Kier alpha value is -0.370. The number of hydrogen-bond acceptors (Lipinski definition) is 3. The highest BCUT2D eigenvalue weighted by Gasteiger charge is 2.19. The van der Waals surface area contributed by atoms with Crippen molar-refractivity contribution < 1.29 is 14.7 Å². The molecule has 9 heavy (non-hydrogen) atoms. The molecule has 0 fully saturated rings. The number of carboxylic acids is 1. The largest absolute Gasteiger partial charge is 0.480 e. The lowest BCUT2D eigenvalue weighted by Crippen LogP contribution is -2.42. The second kappa shape index (κ2) is 3.62. The van der Waals surface area contributed by atoms with Crippen LogP contribution in [0.4, 0.5) is 0 Å². The highest BCUT2D eigenvalue weighted by molar-refractivity contribution is 14.1. The van der Waals surface area contributed by atoms with Gasteiger partial charge in [-0.25, -0.2) is 4.79 Å². The van der Waals surface area contributed by atoms with E-state index in [1.807, 2.05) is 0 Å².